The maximum absolute atomic E-state index is 12.3. The number of amides is 2. The smallest absolute Gasteiger partial charge is 0.224 e. The Morgan fingerprint density at radius 1 is 1.14 bits per heavy atom. The number of nitrogens with zero attached hydrogens (tertiary/aromatic N) is 2. The summed E-state index contributed by atoms with van der Waals surface area (Å²) in [6.07, 6.45) is 1.46. The predicted molar refractivity (Wildman–Crippen MR) is 114 cm³/mol. The van der Waals surface area contributed by atoms with Crippen LogP contribution in [0.1, 0.15) is 18.4 Å². The topological polar surface area (TPSA) is 61.9 Å². The molecule has 1 saturated heterocycles. The Labute approximate surface area is 172 Å². The number of hydrogen-bond donors (Lipinski definition) is 1. The van der Waals surface area contributed by atoms with Gasteiger partial charge < -0.3 is 19.9 Å². The van der Waals surface area contributed by atoms with E-state index in [9.17, 15) is 9.59 Å². The second-order valence-electron chi connectivity index (χ2n) is 7.53. The van der Waals surface area contributed by atoms with E-state index in [4.69, 9.17) is 4.74 Å². The molecule has 0 unspecified atom stereocenters. The molecule has 154 valence electrons. The molecule has 0 saturated carbocycles. The molecule has 0 spiro atoms. The first-order valence-electron chi connectivity index (χ1n) is 10.0. The van der Waals surface area contributed by atoms with Crippen LogP contribution >= 0.6 is 0 Å². The van der Waals surface area contributed by atoms with E-state index in [0.717, 1.165) is 17.0 Å². The standard InChI is InChI=1S/C23H29N3O3/c1-25(2)20-11-8-18(9-12-20)10-13-22(27)24-19-16-23(28)26(17-19)14-15-29-21-6-4-3-5-7-21/h3-9,11-12,19H,10,13-17H2,1-2H3,(H,24,27)/t19-/m1/s1. The summed E-state index contributed by atoms with van der Waals surface area (Å²) in [5.41, 5.74) is 2.27. The average molecular weight is 396 g/mol. The van der Waals surface area contributed by atoms with E-state index >= 15 is 0 Å². The van der Waals surface area contributed by atoms with Gasteiger partial charge in [-0.1, -0.05) is 30.3 Å². The van der Waals surface area contributed by atoms with E-state index in [-0.39, 0.29) is 17.9 Å². The van der Waals surface area contributed by atoms with Crippen molar-refractivity contribution in [2.75, 3.05) is 38.7 Å². The molecule has 2 aromatic rings. The largest absolute Gasteiger partial charge is 0.492 e. The second kappa shape index (κ2) is 9.96. The number of para-hydroxylation sites is 1. The zero-order valence-electron chi connectivity index (χ0n) is 17.1. The Kier molecular flexibility index (Phi) is 7.11. The SMILES string of the molecule is CN(C)c1ccc(CCC(=O)N[C@@H]2CC(=O)N(CCOc3ccccc3)C2)cc1. The molecule has 0 bridgehead atoms. The molecule has 29 heavy (non-hydrogen) atoms. The van der Waals surface area contributed by atoms with E-state index in [1.807, 2.05) is 49.3 Å². The highest BCUT2D eigenvalue weighted by molar-refractivity contribution is 5.82. The molecule has 3 rings (SSSR count). The number of nitrogens with one attached hydrogen (secondary N) is 1. The summed E-state index contributed by atoms with van der Waals surface area (Å²) in [7, 11) is 4.00. The van der Waals surface area contributed by atoms with Gasteiger partial charge in [0.25, 0.3) is 0 Å². The highest BCUT2D eigenvalue weighted by Gasteiger charge is 2.30. The van der Waals surface area contributed by atoms with Crippen molar-refractivity contribution < 1.29 is 14.3 Å². The third-order valence-corrected chi connectivity index (χ3v) is 5.05. The number of carbonyl (C=O) groups is 2. The summed E-state index contributed by atoms with van der Waals surface area (Å²) in [6, 6.07) is 17.6. The lowest BCUT2D eigenvalue weighted by Crippen LogP contribution is -2.38. The molecule has 2 aromatic carbocycles. The Hall–Kier alpha value is -3.02. The van der Waals surface area contributed by atoms with E-state index < -0.39 is 0 Å². The number of aryl methyl sites for hydroxylation is 1. The molecule has 1 heterocycles. The van der Waals surface area contributed by atoms with Crippen molar-refractivity contribution in [1.29, 1.82) is 0 Å². The normalized spacial score (nSPS) is 16.0. The van der Waals surface area contributed by atoms with Gasteiger partial charge in [0.2, 0.25) is 11.8 Å². The molecule has 0 radical (unpaired) electrons. The van der Waals surface area contributed by atoms with Gasteiger partial charge in [-0.3, -0.25) is 9.59 Å². The minimum Gasteiger partial charge on any atom is -0.492 e. The van der Waals surface area contributed by atoms with Crippen LogP contribution in [0.3, 0.4) is 0 Å². The van der Waals surface area contributed by atoms with Gasteiger partial charge >= 0.3 is 0 Å². The second-order valence-corrected chi connectivity index (χ2v) is 7.53. The van der Waals surface area contributed by atoms with Gasteiger partial charge in [0.15, 0.2) is 0 Å². The molecular formula is C23H29N3O3. The fourth-order valence-corrected chi connectivity index (χ4v) is 3.39. The molecule has 1 fully saturated rings. The van der Waals surface area contributed by atoms with Crippen LogP contribution in [0.25, 0.3) is 0 Å². The van der Waals surface area contributed by atoms with Crippen molar-refractivity contribution in [2.45, 2.75) is 25.3 Å². The maximum Gasteiger partial charge on any atom is 0.224 e. The Morgan fingerprint density at radius 2 is 1.86 bits per heavy atom. The molecule has 1 atom stereocenters. The van der Waals surface area contributed by atoms with Crippen molar-refractivity contribution in [3.05, 3.63) is 60.2 Å². The predicted octanol–water partition coefficient (Wildman–Crippen LogP) is 2.48. The summed E-state index contributed by atoms with van der Waals surface area (Å²) in [6.45, 7) is 1.51. The maximum atomic E-state index is 12.3. The van der Waals surface area contributed by atoms with Gasteiger partial charge in [-0.15, -0.1) is 0 Å². The first kappa shape index (κ1) is 20.7. The molecule has 1 aliphatic heterocycles. The summed E-state index contributed by atoms with van der Waals surface area (Å²) in [5.74, 6) is 0.843. The van der Waals surface area contributed by atoms with Crippen molar-refractivity contribution in [3.8, 4) is 5.75 Å². The van der Waals surface area contributed by atoms with Gasteiger partial charge in [0.05, 0.1) is 12.6 Å². The highest BCUT2D eigenvalue weighted by atomic mass is 16.5. The van der Waals surface area contributed by atoms with Crippen LogP contribution in [0.15, 0.2) is 54.6 Å². The van der Waals surface area contributed by atoms with Crippen LogP contribution in [-0.4, -0.2) is 56.5 Å². The lowest BCUT2D eigenvalue weighted by atomic mass is 10.1. The van der Waals surface area contributed by atoms with Crippen LogP contribution in [0.2, 0.25) is 0 Å². The van der Waals surface area contributed by atoms with E-state index in [1.165, 1.54) is 0 Å². The first-order valence-corrected chi connectivity index (χ1v) is 10.0. The lowest BCUT2D eigenvalue weighted by molar-refractivity contribution is -0.128. The number of hydrogen-bond acceptors (Lipinski definition) is 4. The molecule has 2 amide bonds. The lowest BCUT2D eigenvalue weighted by Gasteiger charge is -2.17. The average Bonchev–Trinajstić information content (AvgIpc) is 3.06. The van der Waals surface area contributed by atoms with Crippen molar-refractivity contribution in [3.63, 3.8) is 0 Å². The molecular weight excluding hydrogens is 366 g/mol. The number of anilines is 1. The van der Waals surface area contributed by atoms with Gasteiger partial charge in [-0.25, -0.2) is 0 Å². The number of carbonyl (C=O) groups excluding carboxylic acids is 2. The number of likely N-dealkylation sites (tertiary alicyclic amines) is 1. The van der Waals surface area contributed by atoms with Crippen LogP contribution in [-0.2, 0) is 16.0 Å². The molecule has 1 N–H and O–H groups in total. The van der Waals surface area contributed by atoms with E-state index in [0.29, 0.717) is 39.0 Å². The van der Waals surface area contributed by atoms with Crippen LogP contribution in [0, 0.1) is 0 Å². The minimum absolute atomic E-state index is 0.0122. The number of rotatable bonds is 9. The van der Waals surface area contributed by atoms with Crippen LogP contribution in [0.4, 0.5) is 5.69 Å². The molecule has 1 aliphatic rings. The minimum atomic E-state index is -0.122. The van der Waals surface area contributed by atoms with Crippen molar-refractivity contribution in [1.82, 2.24) is 10.2 Å². The zero-order valence-corrected chi connectivity index (χ0v) is 17.1. The molecule has 0 aromatic heterocycles. The Balaban J connectivity index is 1.37. The van der Waals surface area contributed by atoms with Crippen molar-refractivity contribution in [2.24, 2.45) is 0 Å². The monoisotopic (exact) mass is 395 g/mol. The third-order valence-electron chi connectivity index (χ3n) is 5.05. The Morgan fingerprint density at radius 3 is 2.55 bits per heavy atom. The third kappa shape index (κ3) is 6.24. The Bertz CT molecular complexity index is 806. The van der Waals surface area contributed by atoms with Gasteiger partial charge in [0.1, 0.15) is 12.4 Å². The summed E-state index contributed by atoms with van der Waals surface area (Å²) >= 11 is 0. The number of benzene rings is 2. The molecule has 6 nitrogen and oxygen atoms in total. The van der Waals surface area contributed by atoms with E-state index in [2.05, 4.69) is 29.6 Å². The zero-order chi connectivity index (χ0) is 20.6. The molecule has 0 aliphatic carbocycles. The van der Waals surface area contributed by atoms with Crippen LogP contribution < -0.4 is 15.0 Å². The van der Waals surface area contributed by atoms with E-state index in [1.54, 1.807) is 4.90 Å². The van der Waals surface area contributed by atoms with Gasteiger partial charge in [-0.2, -0.15) is 0 Å². The van der Waals surface area contributed by atoms with Crippen LogP contribution in [0.5, 0.6) is 5.75 Å². The quantitative estimate of drug-likeness (QED) is 0.709. The summed E-state index contributed by atoms with van der Waals surface area (Å²) in [4.78, 5) is 28.3. The highest BCUT2D eigenvalue weighted by Crippen LogP contribution is 2.15. The first-order chi connectivity index (χ1) is 14.0. The number of ether oxygens (including phenoxy) is 1. The summed E-state index contributed by atoms with van der Waals surface area (Å²) in [5, 5.41) is 3.00. The fraction of sp³-hybridized carbons (Fsp3) is 0.391. The van der Waals surface area contributed by atoms with Gasteiger partial charge in [0, 0.05) is 39.2 Å². The fourth-order valence-electron chi connectivity index (χ4n) is 3.39. The summed E-state index contributed by atoms with van der Waals surface area (Å²) < 4.78 is 5.66. The van der Waals surface area contributed by atoms with Crippen molar-refractivity contribution >= 4 is 17.5 Å². The molecule has 6 heteroatoms. The van der Waals surface area contributed by atoms with Gasteiger partial charge in [-0.05, 0) is 36.2 Å².